The number of morpholine rings is 1. The molecule has 2 heterocycles. The molecule has 0 spiro atoms. The number of aromatic nitrogens is 1. The van der Waals surface area contributed by atoms with E-state index in [-0.39, 0.29) is 6.61 Å². The number of benzene rings is 1. The average Bonchev–Trinajstić information content (AvgIpc) is 2.81. The van der Waals surface area contributed by atoms with E-state index in [4.69, 9.17) is 18.9 Å². The summed E-state index contributed by atoms with van der Waals surface area (Å²) in [5, 5.41) is 13.7. The molecule has 170 valence electrons. The number of aliphatic hydroxyl groups is 1. The smallest absolute Gasteiger partial charge is 0.161 e. The molecule has 2 N–H and O–H groups in total. The average molecular weight is 432 g/mol. The predicted molar refractivity (Wildman–Crippen MR) is 118 cm³/mol. The fourth-order valence-corrected chi connectivity index (χ4v) is 3.31. The fraction of sp³-hybridized carbons (Fsp3) is 0.522. The summed E-state index contributed by atoms with van der Waals surface area (Å²) in [6.07, 6.45) is 3.78. The number of ether oxygens (including phenoxy) is 4. The Balaban J connectivity index is 1.35. The summed E-state index contributed by atoms with van der Waals surface area (Å²) in [7, 11) is 1.62. The minimum atomic E-state index is -0.557. The van der Waals surface area contributed by atoms with Gasteiger partial charge in [0.25, 0.3) is 0 Å². The molecule has 1 aliphatic rings. The second kappa shape index (κ2) is 13.1. The normalized spacial score (nSPS) is 15.4. The summed E-state index contributed by atoms with van der Waals surface area (Å²) in [5.41, 5.74) is 1.10. The van der Waals surface area contributed by atoms with Crippen LogP contribution in [0.2, 0.25) is 0 Å². The maximum absolute atomic E-state index is 10.3. The number of methoxy groups -OCH3 is 1. The summed E-state index contributed by atoms with van der Waals surface area (Å²) >= 11 is 0. The van der Waals surface area contributed by atoms with Gasteiger partial charge >= 0.3 is 0 Å². The number of hydrogen-bond acceptors (Lipinski definition) is 8. The molecule has 1 aromatic heterocycles. The first kappa shape index (κ1) is 23.3. The molecule has 0 unspecified atom stereocenters. The Morgan fingerprint density at radius 3 is 2.84 bits per heavy atom. The fourth-order valence-electron chi connectivity index (χ4n) is 3.31. The minimum Gasteiger partial charge on any atom is -0.493 e. The molecular formula is C23H33N3O5. The van der Waals surface area contributed by atoms with Crippen LogP contribution < -0.4 is 19.5 Å². The van der Waals surface area contributed by atoms with Crippen molar-refractivity contribution in [3.8, 4) is 17.2 Å². The number of β-amino-alcohol motifs (C(OH)–C–C–N with tert-alkyl or cyclic N) is 1. The van der Waals surface area contributed by atoms with Gasteiger partial charge in [0.2, 0.25) is 0 Å². The monoisotopic (exact) mass is 431 g/mol. The van der Waals surface area contributed by atoms with Crippen LogP contribution in [0.5, 0.6) is 17.2 Å². The van der Waals surface area contributed by atoms with Crippen molar-refractivity contribution in [2.45, 2.75) is 19.1 Å². The van der Waals surface area contributed by atoms with Gasteiger partial charge in [0.05, 0.1) is 33.1 Å². The lowest BCUT2D eigenvalue weighted by Gasteiger charge is -2.28. The van der Waals surface area contributed by atoms with Gasteiger partial charge in [0, 0.05) is 32.4 Å². The lowest BCUT2D eigenvalue weighted by molar-refractivity contribution is 0.00445. The van der Waals surface area contributed by atoms with E-state index in [2.05, 4.69) is 15.2 Å². The van der Waals surface area contributed by atoms with Gasteiger partial charge in [-0.1, -0.05) is 6.07 Å². The molecule has 0 radical (unpaired) electrons. The summed E-state index contributed by atoms with van der Waals surface area (Å²) in [5.74, 6) is 2.09. The largest absolute Gasteiger partial charge is 0.493 e. The highest BCUT2D eigenvalue weighted by Crippen LogP contribution is 2.28. The lowest BCUT2D eigenvalue weighted by atomic mass is 10.2. The molecule has 0 saturated carbocycles. The zero-order chi connectivity index (χ0) is 21.7. The van der Waals surface area contributed by atoms with Crippen molar-refractivity contribution >= 4 is 0 Å². The molecule has 0 bridgehead atoms. The number of nitrogens with one attached hydrogen (secondary N) is 1. The zero-order valence-electron chi connectivity index (χ0n) is 18.2. The van der Waals surface area contributed by atoms with Gasteiger partial charge in [-0.25, -0.2) is 0 Å². The quantitative estimate of drug-likeness (QED) is 0.464. The van der Waals surface area contributed by atoms with Crippen LogP contribution in [0.15, 0.2) is 42.7 Å². The molecule has 8 nitrogen and oxygen atoms in total. The van der Waals surface area contributed by atoms with Crippen molar-refractivity contribution in [2.75, 3.05) is 59.7 Å². The van der Waals surface area contributed by atoms with Gasteiger partial charge in [-0.3, -0.25) is 9.88 Å². The number of rotatable bonds is 13. The first-order valence-electron chi connectivity index (χ1n) is 10.8. The molecule has 1 saturated heterocycles. The Labute approximate surface area is 184 Å². The molecule has 1 fully saturated rings. The van der Waals surface area contributed by atoms with Crippen molar-refractivity contribution in [3.05, 3.63) is 48.3 Å². The van der Waals surface area contributed by atoms with E-state index >= 15 is 0 Å². The van der Waals surface area contributed by atoms with Crippen molar-refractivity contribution in [3.63, 3.8) is 0 Å². The minimum absolute atomic E-state index is 0.224. The zero-order valence-corrected chi connectivity index (χ0v) is 18.2. The van der Waals surface area contributed by atoms with Crippen molar-refractivity contribution in [1.29, 1.82) is 0 Å². The van der Waals surface area contributed by atoms with Crippen LogP contribution >= 0.6 is 0 Å². The summed E-state index contributed by atoms with van der Waals surface area (Å²) in [4.78, 5) is 6.21. The predicted octanol–water partition coefficient (Wildman–Crippen LogP) is 1.72. The summed E-state index contributed by atoms with van der Waals surface area (Å²) in [6.45, 7) is 6.14. The maximum atomic E-state index is 10.3. The Hall–Kier alpha value is -2.39. The van der Waals surface area contributed by atoms with Crippen LogP contribution in [-0.2, 0) is 11.3 Å². The molecule has 1 aliphatic heterocycles. The third kappa shape index (κ3) is 8.34. The van der Waals surface area contributed by atoms with E-state index < -0.39 is 6.10 Å². The Kier molecular flexibility index (Phi) is 9.85. The lowest BCUT2D eigenvalue weighted by Crippen LogP contribution is -2.42. The van der Waals surface area contributed by atoms with E-state index in [1.54, 1.807) is 19.5 Å². The van der Waals surface area contributed by atoms with Crippen LogP contribution in [0.1, 0.15) is 12.0 Å². The molecule has 8 heteroatoms. The van der Waals surface area contributed by atoms with Gasteiger partial charge in [-0.05, 0) is 42.8 Å². The topological polar surface area (TPSA) is 85.3 Å². The molecule has 3 rings (SSSR count). The number of nitrogens with zero attached hydrogens (tertiary/aromatic N) is 2. The molecule has 0 aliphatic carbocycles. The first-order chi connectivity index (χ1) is 15.2. The molecular weight excluding hydrogens is 398 g/mol. The summed E-state index contributed by atoms with van der Waals surface area (Å²) < 4.78 is 22.3. The van der Waals surface area contributed by atoms with Crippen LogP contribution in [-0.4, -0.2) is 80.8 Å². The second-order valence-electron chi connectivity index (χ2n) is 7.43. The van der Waals surface area contributed by atoms with E-state index in [0.717, 1.165) is 43.9 Å². The van der Waals surface area contributed by atoms with Crippen LogP contribution in [0.3, 0.4) is 0 Å². The van der Waals surface area contributed by atoms with Crippen molar-refractivity contribution < 1.29 is 24.1 Å². The molecule has 1 atom stereocenters. The van der Waals surface area contributed by atoms with Gasteiger partial charge in [-0.15, -0.1) is 0 Å². The number of aliphatic hydroxyl groups excluding tert-OH is 1. The molecule has 31 heavy (non-hydrogen) atoms. The van der Waals surface area contributed by atoms with Gasteiger partial charge < -0.3 is 29.4 Å². The van der Waals surface area contributed by atoms with Crippen LogP contribution in [0.25, 0.3) is 0 Å². The molecule has 1 aromatic carbocycles. The SMILES string of the molecule is COc1cc(CNCCCOc2cccnc2)ccc1OC[C@@H](O)CN1CCOCC1. The first-order valence-corrected chi connectivity index (χ1v) is 10.8. The third-order valence-corrected chi connectivity index (χ3v) is 4.96. The maximum Gasteiger partial charge on any atom is 0.161 e. The Morgan fingerprint density at radius 2 is 2.06 bits per heavy atom. The molecule has 0 amide bonds. The highest BCUT2D eigenvalue weighted by Gasteiger charge is 2.16. The van der Waals surface area contributed by atoms with Crippen molar-refractivity contribution in [1.82, 2.24) is 15.2 Å². The Morgan fingerprint density at radius 1 is 1.19 bits per heavy atom. The highest BCUT2D eigenvalue weighted by molar-refractivity contribution is 5.43. The second-order valence-corrected chi connectivity index (χ2v) is 7.43. The van der Waals surface area contributed by atoms with Crippen LogP contribution in [0, 0.1) is 0 Å². The molecule has 2 aromatic rings. The van der Waals surface area contributed by atoms with E-state index in [0.29, 0.717) is 37.9 Å². The Bertz CT molecular complexity index is 756. The van der Waals surface area contributed by atoms with Crippen molar-refractivity contribution in [2.24, 2.45) is 0 Å². The van der Waals surface area contributed by atoms with E-state index in [1.165, 1.54) is 0 Å². The third-order valence-electron chi connectivity index (χ3n) is 4.96. The number of pyridine rings is 1. The standard InChI is InChI=1S/C23H33N3O5/c1-28-23-14-19(15-24-8-3-11-30-21-4-2-7-25-16-21)5-6-22(23)31-18-20(27)17-26-9-12-29-13-10-26/h2,4-7,14,16,20,24,27H,3,8-13,15,17-18H2,1H3/t20-/m0/s1. The van der Waals surface area contributed by atoms with E-state index in [1.807, 2.05) is 30.3 Å². The van der Waals surface area contributed by atoms with Gasteiger partial charge in [0.15, 0.2) is 11.5 Å². The number of hydrogen-bond donors (Lipinski definition) is 2. The highest BCUT2D eigenvalue weighted by atomic mass is 16.5. The van der Waals surface area contributed by atoms with E-state index in [9.17, 15) is 5.11 Å². The van der Waals surface area contributed by atoms with Crippen LogP contribution in [0.4, 0.5) is 0 Å². The van der Waals surface area contributed by atoms with Gasteiger partial charge in [-0.2, -0.15) is 0 Å². The summed E-state index contributed by atoms with van der Waals surface area (Å²) in [6, 6.07) is 9.62. The van der Waals surface area contributed by atoms with Gasteiger partial charge in [0.1, 0.15) is 18.5 Å².